The summed E-state index contributed by atoms with van der Waals surface area (Å²) >= 11 is 10.8. The van der Waals surface area contributed by atoms with Crippen molar-refractivity contribution in [2.75, 3.05) is 17.7 Å². The van der Waals surface area contributed by atoms with E-state index in [4.69, 9.17) is 28.6 Å². The summed E-state index contributed by atoms with van der Waals surface area (Å²) in [4.78, 5) is 16.0. The van der Waals surface area contributed by atoms with E-state index in [-0.39, 0.29) is 22.2 Å². The SMILES string of the molecule is CNC(=O)c1ncccc1Oc1cccc(NC(=S)Nc2ccc(Cl)c(C(F)(F)F)c2)c1. The van der Waals surface area contributed by atoms with Crippen molar-refractivity contribution < 1.29 is 22.7 Å². The molecule has 3 N–H and O–H groups in total. The van der Waals surface area contributed by atoms with Gasteiger partial charge in [0.05, 0.1) is 10.6 Å². The summed E-state index contributed by atoms with van der Waals surface area (Å²) in [6.07, 6.45) is -3.12. The molecule has 0 saturated carbocycles. The largest absolute Gasteiger partial charge is 0.455 e. The Morgan fingerprint density at radius 2 is 1.78 bits per heavy atom. The molecule has 166 valence electrons. The van der Waals surface area contributed by atoms with Crippen molar-refractivity contribution >= 4 is 46.2 Å². The Morgan fingerprint density at radius 3 is 2.47 bits per heavy atom. The van der Waals surface area contributed by atoms with Crippen molar-refractivity contribution in [1.82, 2.24) is 10.3 Å². The zero-order valence-electron chi connectivity index (χ0n) is 16.5. The number of halogens is 4. The number of rotatable bonds is 5. The number of alkyl halides is 3. The van der Waals surface area contributed by atoms with Gasteiger partial charge in [0.2, 0.25) is 0 Å². The molecule has 0 aliphatic heterocycles. The lowest BCUT2D eigenvalue weighted by Crippen LogP contribution is -2.20. The van der Waals surface area contributed by atoms with Crippen LogP contribution in [-0.2, 0) is 6.18 Å². The molecule has 32 heavy (non-hydrogen) atoms. The summed E-state index contributed by atoms with van der Waals surface area (Å²) in [7, 11) is 1.48. The van der Waals surface area contributed by atoms with Gasteiger partial charge in [-0.25, -0.2) is 4.98 Å². The minimum Gasteiger partial charge on any atom is -0.455 e. The molecule has 0 aliphatic rings. The lowest BCUT2D eigenvalue weighted by molar-refractivity contribution is -0.137. The van der Waals surface area contributed by atoms with E-state index in [2.05, 4.69) is 20.9 Å². The van der Waals surface area contributed by atoms with Crippen molar-refractivity contribution in [3.05, 3.63) is 77.1 Å². The molecule has 0 bridgehead atoms. The zero-order valence-corrected chi connectivity index (χ0v) is 18.0. The number of hydrogen-bond donors (Lipinski definition) is 3. The van der Waals surface area contributed by atoms with Gasteiger partial charge in [0.25, 0.3) is 5.91 Å². The van der Waals surface area contributed by atoms with Crippen LogP contribution in [0.2, 0.25) is 5.02 Å². The number of nitrogens with zero attached hydrogens (tertiary/aromatic N) is 1. The van der Waals surface area contributed by atoms with E-state index in [1.165, 1.54) is 19.3 Å². The number of hydrogen-bond acceptors (Lipinski definition) is 4. The summed E-state index contributed by atoms with van der Waals surface area (Å²) in [5, 5.41) is 7.70. The summed E-state index contributed by atoms with van der Waals surface area (Å²) in [5.41, 5.74) is -0.216. The highest BCUT2D eigenvalue weighted by atomic mass is 35.5. The standard InChI is InChI=1S/C21H16ClF3N4O2S/c1-26-19(30)18-17(6-3-9-27-18)31-14-5-2-4-12(10-14)28-20(32)29-13-7-8-16(22)15(11-13)21(23,24)25/h2-11H,1H3,(H,26,30)(H2,28,29,32). The van der Waals surface area contributed by atoms with Crippen LogP contribution in [0.25, 0.3) is 0 Å². The molecule has 0 saturated heterocycles. The van der Waals surface area contributed by atoms with E-state index in [1.54, 1.807) is 36.4 Å². The van der Waals surface area contributed by atoms with E-state index in [0.717, 1.165) is 12.1 Å². The van der Waals surface area contributed by atoms with Crippen molar-refractivity contribution in [3.8, 4) is 11.5 Å². The molecule has 0 atom stereocenters. The second-order valence-corrected chi connectivity index (χ2v) is 7.15. The van der Waals surface area contributed by atoms with Gasteiger partial charge in [-0.2, -0.15) is 13.2 Å². The third-order valence-electron chi connectivity index (χ3n) is 4.06. The first-order valence-electron chi connectivity index (χ1n) is 9.07. The second-order valence-electron chi connectivity index (χ2n) is 6.33. The first kappa shape index (κ1) is 23.3. The van der Waals surface area contributed by atoms with Crippen molar-refractivity contribution in [1.29, 1.82) is 0 Å². The van der Waals surface area contributed by atoms with Crippen LogP contribution >= 0.6 is 23.8 Å². The number of thiocarbonyl (C=S) groups is 1. The van der Waals surface area contributed by atoms with Crippen LogP contribution in [0.5, 0.6) is 11.5 Å². The molecule has 2 aromatic carbocycles. The summed E-state index contributed by atoms with van der Waals surface area (Å²) in [6, 6.07) is 13.3. The molecule has 3 aromatic rings. The predicted molar refractivity (Wildman–Crippen MR) is 120 cm³/mol. The maximum Gasteiger partial charge on any atom is 0.417 e. The number of anilines is 2. The molecule has 0 fully saturated rings. The number of carbonyl (C=O) groups is 1. The molecule has 3 rings (SSSR count). The Bertz CT molecular complexity index is 1160. The number of benzene rings is 2. The number of nitrogens with one attached hydrogen (secondary N) is 3. The maximum absolute atomic E-state index is 13.0. The fourth-order valence-electron chi connectivity index (χ4n) is 2.64. The van der Waals surface area contributed by atoms with Crippen LogP contribution in [0, 0.1) is 0 Å². The Hall–Kier alpha value is -3.37. The van der Waals surface area contributed by atoms with Crippen LogP contribution in [0.15, 0.2) is 60.8 Å². The quantitative estimate of drug-likeness (QED) is 0.406. The van der Waals surface area contributed by atoms with Crippen molar-refractivity contribution in [3.63, 3.8) is 0 Å². The predicted octanol–water partition coefficient (Wildman–Crippen LogP) is 5.71. The van der Waals surface area contributed by atoms with Crippen LogP contribution in [0.3, 0.4) is 0 Å². The zero-order chi connectivity index (χ0) is 23.3. The molecule has 0 spiro atoms. The highest BCUT2D eigenvalue weighted by Gasteiger charge is 2.33. The Kier molecular flexibility index (Phi) is 7.16. The molecule has 0 radical (unpaired) electrons. The molecule has 6 nitrogen and oxygen atoms in total. The third-order valence-corrected chi connectivity index (χ3v) is 4.60. The van der Waals surface area contributed by atoms with Gasteiger partial charge < -0.3 is 20.7 Å². The van der Waals surface area contributed by atoms with E-state index in [1.807, 2.05) is 0 Å². The molecule has 1 heterocycles. The molecule has 11 heteroatoms. The average Bonchev–Trinajstić information content (AvgIpc) is 2.74. The number of ether oxygens (including phenoxy) is 1. The Labute approximate surface area is 191 Å². The van der Waals surface area contributed by atoms with Gasteiger partial charge in [-0.1, -0.05) is 17.7 Å². The minimum absolute atomic E-state index is 0.0602. The highest BCUT2D eigenvalue weighted by molar-refractivity contribution is 7.80. The lowest BCUT2D eigenvalue weighted by Gasteiger charge is -2.15. The number of pyridine rings is 1. The molecule has 0 aliphatic carbocycles. The van der Waals surface area contributed by atoms with E-state index in [0.29, 0.717) is 11.4 Å². The fraction of sp³-hybridized carbons (Fsp3) is 0.0952. The second kappa shape index (κ2) is 9.84. The normalized spacial score (nSPS) is 10.9. The Morgan fingerprint density at radius 1 is 1.06 bits per heavy atom. The van der Waals surface area contributed by atoms with E-state index >= 15 is 0 Å². The molecular formula is C21H16ClF3N4O2S. The van der Waals surface area contributed by atoms with Crippen LogP contribution < -0.4 is 20.7 Å². The first-order chi connectivity index (χ1) is 15.2. The third kappa shape index (κ3) is 5.86. The highest BCUT2D eigenvalue weighted by Crippen LogP contribution is 2.36. The molecule has 1 aromatic heterocycles. The van der Waals surface area contributed by atoms with Crippen molar-refractivity contribution in [2.45, 2.75) is 6.18 Å². The Balaban J connectivity index is 1.72. The number of amides is 1. The van der Waals surface area contributed by atoms with Gasteiger partial charge in [-0.15, -0.1) is 0 Å². The maximum atomic E-state index is 13.0. The van der Waals surface area contributed by atoms with Gasteiger partial charge in [-0.3, -0.25) is 4.79 Å². The van der Waals surface area contributed by atoms with Gasteiger partial charge in [0.1, 0.15) is 5.75 Å². The van der Waals surface area contributed by atoms with Gasteiger partial charge in [-0.05, 0) is 54.7 Å². The molecule has 0 unspecified atom stereocenters. The minimum atomic E-state index is -4.59. The van der Waals surface area contributed by atoms with E-state index < -0.39 is 22.7 Å². The van der Waals surface area contributed by atoms with Gasteiger partial charge >= 0.3 is 6.18 Å². The summed E-state index contributed by atoms with van der Waals surface area (Å²) in [6.45, 7) is 0. The number of carbonyl (C=O) groups excluding carboxylic acids is 1. The fourth-order valence-corrected chi connectivity index (χ4v) is 3.10. The van der Waals surface area contributed by atoms with Gasteiger partial charge in [0.15, 0.2) is 16.6 Å². The van der Waals surface area contributed by atoms with Crippen molar-refractivity contribution in [2.24, 2.45) is 0 Å². The van der Waals surface area contributed by atoms with E-state index in [9.17, 15) is 18.0 Å². The molecular weight excluding hydrogens is 465 g/mol. The van der Waals surface area contributed by atoms with Crippen LogP contribution in [0.4, 0.5) is 24.5 Å². The summed E-state index contributed by atoms with van der Waals surface area (Å²) < 4.78 is 44.9. The van der Waals surface area contributed by atoms with Gasteiger partial charge in [0, 0.05) is 30.7 Å². The van der Waals surface area contributed by atoms with Crippen LogP contribution in [-0.4, -0.2) is 23.1 Å². The monoisotopic (exact) mass is 480 g/mol. The summed E-state index contributed by atoms with van der Waals surface area (Å²) in [5.74, 6) is 0.244. The first-order valence-corrected chi connectivity index (χ1v) is 9.86. The van der Waals surface area contributed by atoms with Crippen LogP contribution in [0.1, 0.15) is 16.1 Å². The topological polar surface area (TPSA) is 75.3 Å². The number of aromatic nitrogens is 1. The smallest absolute Gasteiger partial charge is 0.417 e. The lowest BCUT2D eigenvalue weighted by atomic mass is 10.2. The average molecular weight is 481 g/mol. The molecule has 1 amide bonds.